The van der Waals surface area contributed by atoms with Gasteiger partial charge in [0.2, 0.25) is 5.91 Å². The van der Waals surface area contributed by atoms with Crippen molar-refractivity contribution in [2.75, 3.05) is 30.3 Å². The summed E-state index contributed by atoms with van der Waals surface area (Å²) in [5.41, 5.74) is 5.64. The summed E-state index contributed by atoms with van der Waals surface area (Å²) in [5, 5.41) is 2.48. The molecule has 0 aliphatic rings. The summed E-state index contributed by atoms with van der Waals surface area (Å²) < 4.78 is 40.1. The van der Waals surface area contributed by atoms with E-state index in [-0.39, 0.29) is 16.9 Å². The number of carbonyl (C=O) groups is 2. The van der Waals surface area contributed by atoms with Crippen LogP contribution >= 0.6 is 0 Å². The van der Waals surface area contributed by atoms with Crippen LogP contribution in [0.15, 0.2) is 48.5 Å². The standard InChI is InChI=1S/C17H19FN4O4S/c1-21(2)27(25,26)22(13-9-7-12(18)8-10-13)11-16(23)20-15-6-4-3-5-14(15)17(19)24/h3-10H,11H2,1-2H3,(H2,19,24)(H,20,23). The average Bonchev–Trinajstić information content (AvgIpc) is 2.60. The highest BCUT2D eigenvalue weighted by Crippen LogP contribution is 2.21. The topological polar surface area (TPSA) is 113 Å². The number of anilines is 2. The van der Waals surface area contributed by atoms with Crippen LogP contribution in [0.4, 0.5) is 15.8 Å². The number of hydrogen-bond acceptors (Lipinski definition) is 4. The Hall–Kier alpha value is -2.98. The van der Waals surface area contributed by atoms with Gasteiger partial charge in [0.1, 0.15) is 12.4 Å². The third kappa shape index (κ3) is 4.80. The van der Waals surface area contributed by atoms with Gasteiger partial charge in [-0.2, -0.15) is 12.7 Å². The van der Waals surface area contributed by atoms with Crippen LogP contribution in [0.1, 0.15) is 10.4 Å². The van der Waals surface area contributed by atoms with E-state index < -0.39 is 34.4 Å². The molecule has 27 heavy (non-hydrogen) atoms. The van der Waals surface area contributed by atoms with Gasteiger partial charge in [0.05, 0.1) is 16.9 Å². The van der Waals surface area contributed by atoms with Crippen molar-refractivity contribution < 1.29 is 22.4 Å². The van der Waals surface area contributed by atoms with E-state index in [0.717, 1.165) is 20.7 Å². The van der Waals surface area contributed by atoms with E-state index in [1.165, 1.54) is 38.4 Å². The molecule has 2 rings (SSSR count). The zero-order chi connectivity index (χ0) is 20.2. The Bertz CT molecular complexity index is 946. The summed E-state index contributed by atoms with van der Waals surface area (Å²) in [4.78, 5) is 23.9. The first-order valence-electron chi connectivity index (χ1n) is 7.77. The van der Waals surface area contributed by atoms with E-state index in [2.05, 4.69) is 5.32 Å². The number of carbonyl (C=O) groups excluding carboxylic acids is 2. The number of benzene rings is 2. The van der Waals surface area contributed by atoms with Gasteiger partial charge in [-0.3, -0.25) is 9.59 Å². The predicted molar refractivity (Wildman–Crippen MR) is 99.9 cm³/mol. The van der Waals surface area contributed by atoms with Gasteiger partial charge in [0.15, 0.2) is 0 Å². The van der Waals surface area contributed by atoms with Crippen LogP contribution in [-0.4, -0.2) is 45.2 Å². The first kappa shape index (κ1) is 20.3. The van der Waals surface area contributed by atoms with Crippen molar-refractivity contribution in [2.24, 2.45) is 5.73 Å². The SMILES string of the molecule is CN(C)S(=O)(=O)N(CC(=O)Nc1ccccc1C(N)=O)c1ccc(F)cc1. The van der Waals surface area contributed by atoms with Crippen molar-refractivity contribution in [1.82, 2.24) is 4.31 Å². The molecular weight excluding hydrogens is 375 g/mol. The Labute approximate surface area is 156 Å². The van der Waals surface area contributed by atoms with Crippen LogP contribution < -0.4 is 15.4 Å². The fourth-order valence-electron chi connectivity index (χ4n) is 2.24. The average molecular weight is 394 g/mol. The fraction of sp³-hybridized carbons (Fsp3) is 0.176. The van der Waals surface area contributed by atoms with Gasteiger partial charge in [-0.15, -0.1) is 0 Å². The molecule has 0 aromatic heterocycles. The van der Waals surface area contributed by atoms with Gasteiger partial charge in [0.25, 0.3) is 5.91 Å². The summed E-state index contributed by atoms with van der Waals surface area (Å²) in [7, 11) is -1.40. The number of amides is 2. The normalized spacial score (nSPS) is 11.3. The highest BCUT2D eigenvalue weighted by atomic mass is 32.2. The van der Waals surface area contributed by atoms with Crippen LogP contribution in [0, 0.1) is 5.82 Å². The lowest BCUT2D eigenvalue weighted by Crippen LogP contribution is -2.44. The number of hydrogen-bond donors (Lipinski definition) is 2. The maximum Gasteiger partial charge on any atom is 0.304 e. The van der Waals surface area contributed by atoms with Crippen LogP contribution in [0.3, 0.4) is 0 Å². The maximum atomic E-state index is 13.2. The zero-order valence-corrected chi connectivity index (χ0v) is 15.5. The molecule has 0 unspecified atom stereocenters. The third-order valence-corrected chi connectivity index (χ3v) is 5.43. The van der Waals surface area contributed by atoms with Crippen LogP contribution in [0.2, 0.25) is 0 Å². The lowest BCUT2D eigenvalue weighted by atomic mass is 10.1. The second-order valence-electron chi connectivity index (χ2n) is 5.73. The van der Waals surface area contributed by atoms with E-state index in [0.29, 0.717) is 0 Å². The monoisotopic (exact) mass is 394 g/mol. The summed E-state index contributed by atoms with van der Waals surface area (Å²) >= 11 is 0. The minimum atomic E-state index is -4.03. The molecule has 10 heteroatoms. The van der Waals surface area contributed by atoms with Gasteiger partial charge in [0, 0.05) is 14.1 Å². The van der Waals surface area contributed by atoms with Crippen molar-refractivity contribution >= 4 is 33.4 Å². The van der Waals surface area contributed by atoms with Gasteiger partial charge >= 0.3 is 10.2 Å². The Morgan fingerprint density at radius 1 is 1.07 bits per heavy atom. The number of para-hydroxylation sites is 1. The van der Waals surface area contributed by atoms with Crippen molar-refractivity contribution in [2.45, 2.75) is 0 Å². The molecule has 0 spiro atoms. The molecular formula is C17H19FN4O4S. The number of nitrogens with one attached hydrogen (secondary N) is 1. The third-order valence-electron chi connectivity index (χ3n) is 3.61. The van der Waals surface area contributed by atoms with Crippen LogP contribution in [0.5, 0.6) is 0 Å². The fourth-order valence-corrected chi connectivity index (χ4v) is 3.30. The molecule has 0 radical (unpaired) electrons. The number of nitrogens with zero attached hydrogens (tertiary/aromatic N) is 2. The van der Waals surface area contributed by atoms with Gasteiger partial charge in [-0.05, 0) is 36.4 Å². The number of nitrogens with two attached hydrogens (primary N) is 1. The summed E-state index contributed by atoms with van der Waals surface area (Å²) in [6.45, 7) is -0.584. The Morgan fingerprint density at radius 2 is 1.67 bits per heavy atom. The number of rotatable bonds is 7. The smallest absolute Gasteiger partial charge is 0.304 e. The molecule has 0 fully saturated rings. The molecule has 0 aliphatic heterocycles. The van der Waals surface area contributed by atoms with Crippen molar-refractivity contribution in [3.63, 3.8) is 0 Å². The Morgan fingerprint density at radius 3 is 2.22 bits per heavy atom. The lowest BCUT2D eigenvalue weighted by Gasteiger charge is -2.27. The van der Waals surface area contributed by atoms with Crippen LogP contribution in [-0.2, 0) is 15.0 Å². The molecule has 3 N–H and O–H groups in total. The zero-order valence-electron chi connectivity index (χ0n) is 14.7. The molecule has 8 nitrogen and oxygen atoms in total. The van der Waals surface area contributed by atoms with Crippen molar-refractivity contribution in [1.29, 1.82) is 0 Å². The molecule has 2 aromatic rings. The lowest BCUT2D eigenvalue weighted by molar-refractivity contribution is -0.114. The summed E-state index contributed by atoms with van der Waals surface area (Å²) in [5.74, 6) is -1.97. The highest BCUT2D eigenvalue weighted by molar-refractivity contribution is 7.90. The Kier molecular flexibility index (Phi) is 6.13. The molecule has 0 saturated heterocycles. The van der Waals surface area contributed by atoms with Gasteiger partial charge < -0.3 is 11.1 Å². The Balaban J connectivity index is 2.32. The number of halogens is 1. The first-order chi connectivity index (χ1) is 12.6. The van der Waals surface area contributed by atoms with E-state index >= 15 is 0 Å². The minimum absolute atomic E-state index is 0.0923. The maximum absolute atomic E-state index is 13.2. The van der Waals surface area contributed by atoms with E-state index in [1.807, 2.05) is 0 Å². The van der Waals surface area contributed by atoms with Crippen molar-refractivity contribution in [3.8, 4) is 0 Å². The molecule has 0 heterocycles. The molecule has 0 saturated carbocycles. The molecule has 2 amide bonds. The minimum Gasteiger partial charge on any atom is -0.366 e. The molecule has 0 bridgehead atoms. The summed E-state index contributed by atoms with van der Waals surface area (Å²) in [6.07, 6.45) is 0. The molecule has 2 aromatic carbocycles. The molecule has 0 aliphatic carbocycles. The van der Waals surface area contributed by atoms with Crippen molar-refractivity contribution in [3.05, 3.63) is 59.9 Å². The summed E-state index contributed by atoms with van der Waals surface area (Å²) in [6, 6.07) is 10.8. The van der Waals surface area contributed by atoms with Gasteiger partial charge in [-0.1, -0.05) is 12.1 Å². The number of primary amides is 1. The quantitative estimate of drug-likeness (QED) is 0.734. The van der Waals surface area contributed by atoms with E-state index in [4.69, 9.17) is 5.73 Å². The van der Waals surface area contributed by atoms with Crippen LogP contribution in [0.25, 0.3) is 0 Å². The molecule has 144 valence electrons. The predicted octanol–water partition coefficient (Wildman–Crippen LogP) is 1.18. The molecule has 0 atom stereocenters. The highest BCUT2D eigenvalue weighted by Gasteiger charge is 2.27. The van der Waals surface area contributed by atoms with E-state index in [9.17, 15) is 22.4 Å². The largest absolute Gasteiger partial charge is 0.366 e. The van der Waals surface area contributed by atoms with E-state index in [1.54, 1.807) is 12.1 Å². The second kappa shape index (κ2) is 8.14. The second-order valence-corrected chi connectivity index (χ2v) is 7.80. The first-order valence-corrected chi connectivity index (χ1v) is 9.17. The van der Waals surface area contributed by atoms with Gasteiger partial charge in [-0.25, -0.2) is 8.70 Å².